The Kier molecular flexibility index (Phi) is 9.54. The fourth-order valence-electron chi connectivity index (χ4n) is 13.7. The number of aryl methyl sites for hydroxylation is 6. The third-order valence-corrected chi connectivity index (χ3v) is 17.7. The third-order valence-electron chi connectivity index (χ3n) is 17.7. The summed E-state index contributed by atoms with van der Waals surface area (Å²) in [5, 5.41) is 12.6. The predicted octanol–water partition coefficient (Wildman–Crippen LogP) is 23.3. The SMILES string of the molecule is Cc1ccc2oc3c(-c4cc(-c5cc(-c6cc(-c7cc(-c8cccc9c8oc8ccc(C)cc89)c8oc9ccc(C)cc9c8c7)cc7c6oc6ccc(C)cc67)c6oc7ccc(C)cc7c6c5)cc5c4oc4ccc(C)cc45)cccc3c2c1. The summed E-state index contributed by atoms with van der Waals surface area (Å²) >= 11 is 0. The van der Waals surface area contributed by atoms with Gasteiger partial charge in [0.2, 0.25) is 0 Å². The monoisotopic (exact) mass is 1080 g/mol. The van der Waals surface area contributed by atoms with Gasteiger partial charge in [0.1, 0.15) is 67.0 Å². The van der Waals surface area contributed by atoms with Crippen molar-refractivity contribution in [2.45, 2.75) is 41.5 Å². The Morgan fingerprint density at radius 2 is 0.393 bits per heavy atom. The molecule has 0 aliphatic carbocycles. The minimum Gasteiger partial charge on any atom is -0.455 e. The Bertz CT molecular complexity index is 5570. The van der Waals surface area contributed by atoms with Gasteiger partial charge in [0.05, 0.1) is 0 Å². The van der Waals surface area contributed by atoms with Crippen molar-refractivity contribution in [1.29, 1.82) is 0 Å². The molecule has 0 N–H and O–H groups in total. The standard InChI is InChI=1S/C78H50O6/c1-39-13-19-67-53(25-39)49-9-7-11-51(73(49)79-67)59-31-45(33-61-55-27-41(3)15-21-69(55)81-75(59)61)47-35-63-57-29-43(5)17-23-71(57)83-77(63)65(37-47)66-38-48(36-64-58-30-44(6)18-24-72(58)84-78(64)66)46-32-60(76-62(34-46)56-28-42(4)16-22-70(56)82-76)52-12-8-10-50-54-26-40(2)14-20-68(54)80-74(50)52/h7-38H,1-6H3. The average Bonchev–Trinajstić information content (AvgIpc) is 2.26. The molecule has 18 rings (SSSR count). The second-order valence-electron chi connectivity index (χ2n) is 23.6. The molecule has 0 fully saturated rings. The van der Waals surface area contributed by atoms with E-state index < -0.39 is 0 Å². The van der Waals surface area contributed by atoms with Gasteiger partial charge < -0.3 is 26.5 Å². The fraction of sp³-hybridized carbons (Fsp3) is 0.0769. The minimum absolute atomic E-state index is 0.779. The first kappa shape index (κ1) is 47.1. The van der Waals surface area contributed by atoms with E-state index in [1.54, 1.807) is 0 Å². The second kappa shape index (κ2) is 17.0. The van der Waals surface area contributed by atoms with Crippen LogP contribution in [0.1, 0.15) is 33.4 Å². The van der Waals surface area contributed by atoms with Crippen LogP contribution in [0.15, 0.2) is 221 Å². The van der Waals surface area contributed by atoms with Crippen LogP contribution in [0.25, 0.3) is 187 Å². The number of hydrogen-bond acceptors (Lipinski definition) is 6. The Hall–Kier alpha value is -10.6. The molecule has 398 valence electrons. The molecule has 6 heteroatoms. The molecule has 18 aromatic rings. The maximum absolute atomic E-state index is 7.14. The molecule has 0 aliphatic heterocycles. The molecule has 0 aliphatic rings. The molecule has 0 bridgehead atoms. The van der Waals surface area contributed by atoms with Gasteiger partial charge >= 0.3 is 0 Å². The van der Waals surface area contributed by atoms with Crippen LogP contribution in [-0.2, 0) is 0 Å². The fourth-order valence-corrected chi connectivity index (χ4v) is 13.7. The summed E-state index contributed by atoms with van der Waals surface area (Å²) < 4.78 is 41.8. The molecular weight excluding hydrogens is 1030 g/mol. The van der Waals surface area contributed by atoms with Crippen LogP contribution in [0, 0.1) is 41.5 Å². The van der Waals surface area contributed by atoms with Gasteiger partial charge in [-0.3, -0.25) is 0 Å². The lowest BCUT2D eigenvalue weighted by Gasteiger charge is -2.13. The van der Waals surface area contributed by atoms with Crippen molar-refractivity contribution in [3.63, 3.8) is 0 Å². The molecule has 0 saturated carbocycles. The van der Waals surface area contributed by atoms with E-state index in [9.17, 15) is 0 Å². The number of benzene rings is 12. The van der Waals surface area contributed by atoms with Crippen molar-refractivity contribution in [1.82, 2.24) is 0 Å². The van der Waals surface area contributed by atoms with Crippen molar-refractivity contribution in [3.05, 3.63) is 228 Å². The first-order valence-electron chi connectivity index (χ1n) is 28.7. The predicted molar refractivity (Wildman–Crippen MR) is 346 cm³/mol. The van der Waals surface area contributed by atoms with Gasteiger partial charge in [-0.15, -0.1) is 0 Å². The van der Waals surface area contributed by atoms with Crippen LogP contribution in [0.2, 0.25) is 0 Å². The van der Waals surface area contributed by atoms with Gasteiger partial charge in [0, 0.05) is 98.0 Å². The molecule has 0 spiro atoms. The molecule has 6 aromatic heterocycles. The Labute approximate surface area is 480 Å². The quantitative estimate of drug-likeness (QED) is 0.171. The normalized spacial score (nSPS) is 12.4. The van der Waals surface area contributed by atoms with Crippen LogP contribution in [0.3, 0.4) is 0 Å². The van der Waals surface area contributed by atoms with E-state index in [4.69, 9.17) is 26.5 Å². The van der Waals surface area contributed by atoms with Gasteiger partial charge in [-0.25, -0.2) is 0 Å². The minimum atomic E-state index is 0.779. The van der Waals surface area contributed by atoms with Crippen molar-refractivity contribution >= 4 is 132 Å². The molecule has 84 heavy (non-hydrogen) atoms. The van der Waals surface area contributed by atoms with E-state index >= 15 is 0 Å². The highest BCUT2D eigenvalue weighted by molar-refractivity contribution is 6.21. The average molecular weight is 1080 g/mol. The Morgan fingerprint density at radius 1 is 0.179 bits per heavy atom. The van der Waals surface area contributed by atoms with E-state index in [0.717, 1.165) is 210 Å². The summed E-state index contributed by atoms with van der Waals surface area (Å²) in [4.78, 5) is 0. The summed E-state index contributed by atoms with van der Waals surface area (Å²) in [5.41, 5.74) is 26.5. The summed E-state index contributed by atoms with van der Waals surface area (Å²) in [7, 11) is 0. The summed E-state index contributed by atoms with van der Waals surface area (Å²) in [6.07, 6.45) is 0. The molecule has 0 radical (unpaired) electrons. The largest absolute Gasteiger partial charge is 0.455 e. The molecule has 6 nitrogen and oxygen atoms in total. The van der Waals surface area contributed by atoms with Crippen LogP contribution in [0.4, 0.5) is 0 Å². The number of rotatable bonds is 5. The lowest BCUT2D eigenvalue weighted by atomic mass is 9.89. The van der Waals surface area contributed by atoms with Crippen molar-refractivity contribution in [2.24, 2.45) is 0 Å². The summed E-state index contributed by atoms with van der Waals surface area (Å²) in [5.74, 6) is 0. The smallest absolute Gasteiger partial charge is 0.143 e. The van der Waals surface area contributed by atoms with E-state index in [-0.39, 0.29) is 0 Å². The zero-order chi connectivity index (χ0) is 56.0. The van der Waals surface area contributed by atoms with Crippen LogP contribution in [0.5, 0.6) is 0 Å². The first-order chi connectivity index (χ1) is 41.0. The number of hydrogen-bond donors (Lipinski definition) is 0. The van der Waals surface area contributed by atoms with Crippen molar-refractivity contribution in [2.75, 3.05) is 0 Å². The third kappa shape index (κ3) is 6.85. The summed E-state index contributed by atoms with van der Waals surface area (Å²) in [6, 6.07) is 69.9. The summed E-state index contributed by atoms with van der Waals surface area (Å²) in [6.45, 7) is 12.8. The molecule has 12 aromatic carbocycles. The second-order valence-corrected chi connectivity index (χ2v) is 23.6. The maximum Gasteiger partial charge on any atom is 0.143 e. The van der Waals surface area contributed by atoms with Crippen molar-refractivity contribution < 1.29 is 26.5 Å². The zero-order valence-corrected chi connectivity index (χ0v) is 46.9. The van der Waals surface area contributed by atoms with Crippen LogP contribution < -0.4 is 0 Å². The van der Waals surface area contributed by atoms with E-state index in [1.807, 2.05) is 0 Å². The lowest BCUT2D eigenvalue weighted by molar-refractivity contribution is 0.665. The van der Waals surface area contributed by atoms with Gasteiger partial charge in [-0.1, -0.05) is 106 Å². The molecule has 0 atom stereocenters. The van der Waals surface area contributed by atoms with Gasteiger partial charge in [0.25, 0.3) is 0 Å². The van der Waals surface area contributed by atoms with E-state index in [2.05, 4.69) is 236 Å². The Morgan fingerprint density at radius 3 is 0.643 bits per heavy atom. The number of furan rings is 6. The van der Waals surface area contributed by atoms with Crippen molar-refractivity contribution in [3.8, 4) is 55.6 Å². The van der Waals surface area contributed by atoms with Gasteiger partial charge in [-0.2, -0.15) is 0 Å². The Balaban J connectivity index is 0.938. The van der Waals surface area contributed by atoms with Gasteiger partial charge in [-0.05, 0) is 185 Å². The van der Waals surface area contributed by atoms with E-state index in [1.165, 1.54) is 11.1 Å². The first-order valence-corrected chi connectivity index (χ1v) is 28.7. The highest BCUT2D eigenvalue weighted by Crippen LogP contribution is 2.50. The van der Waals surface area contributed by atoms with Crippen LogP contribution in [-0.4, -0.2) is 0 Å². The number of fused-ring (bicyclic) bond motifs is 18. The molecule has 0 unspecified atom stereocenters. The zero-order valence-electron chi connectivity index (χ0n) is 46.9. The maximum atomic E-state index is 7.14. The molecule has 0 amide bonds. The number of para-hydroxylation sites is 2. The van der Waals surface area contributed by atoms with E-state index in [0.29, 0.717) is 0 Å². The molecule has 6 heterocycles. The molecule has 0 saturated heterocycles. The lowest BCUT2D eigenvalue weighted by Crippen LogP contribution is -1.89. The molecular formula is C78H50O6. The highest BCUT2D eigenvalue weighted by atomic mass is 16.4. The van der Waals surface area contributed by atoms with Gasteiger partial charge in [0.15, 0.2) is 0 Å². The highest BCUT2D eigenvalue weighted by Gasteiger charge is 2.26. The topological polar surface area (TPSA) is 78.8 Å². The van der Waals surface area contributed by atoms with Crippen LogP contribution >= 0.6 is 0 Å².